The lowest BCUT2D eigenvalue weighted by Gasteiger charge is -2.26. The van der Waals surface area contributed by atoms with Crippen molar-refractivity contribution in [3.8, 4) is 0 Å². The fourth-order valence-corrected chi connectivity index (χ4v) is 2.92. The first-order valence-corrected chi connectivity index (χ1v) is 10.3. The fourth-order valence-electron chi connectivity index (χ4n) is 2.92. The second-order valence-corrected chi connectivity index (χ2v) is 7.52. The third-order valence-corrected chi connectivity index (χ3v) is 4.99. The van der Waals surface area contributed by atoms with Gasteiger partial charge in [0.25, 0.3) is 0 Å². The lowest BCUT2D eigenvalue weighted by Crippen LogP contribution is -2.57. The van der Waals surface area contributed by atoms with Crippen molar-refractivity contribution in [1.29, 1.82) is 0 Å². The van der Waals surface area contributed by atoms with Crippen LogP contribution in [0.1, 0.15) is 38.7 Å². The highest BCUT2D eigenvalue weighted by molar-refractivity contribution is 5.92. The van der Waals surface area contributed by atoms with Crippen LogP contribution in [0, 0.1) is 5.92 Å². The van der Waals surface area contributed by atoms with Crippen LogP contribution in [0.25, 0.3) is 0 Å². The number of carbonyl (C=O) groups excluding carboxylic acids is 2. The van der Waals surface area contributed by atoms with Gasteiger partial charge in [0, 0.05) is 13.0 Å². The minimum atomic E-state index is -1.15. The van der Waals surface area contributed by atoms with Crippen molar-refractivity contribution in [2.24, 2.45) is 28.1 Å². The normalized spacial score (nSPS) is 14.5. The summed E-state index contributed by atoms with van der Waals surface area (Å²) in [6, 6.07) is 6.14. The van der Waals surface area contributed by atoms with Gasteiger partial charge >= 0.3 is 5.97 Å². The molecule has 1 aromatic carbocycles. The molecule has 172 valence electrons. The Bertz CT molecular complexity index is 751. The topological polar surface area (TPSA) is 186 Å². The summed E-state index contributed by atoms with van der Waals surface area (Å²) < 4.78 is 0. The van der Waals surface area contributed by atoms with E-state index in [0.717, 1.165) is 5.56 Å². The predicted octanol–water partition coefficient (Wildman–Crippen LogP) is -0.290. The first-order valence-electron chi connectivity index (χ1n) is 10.3. The van der Waals surface area contributed by atoms with Gasteiger partial charge in [0.05, 0.1) is 6.04 Å². The Morgan fingerprint density at radius 3 is 2.29 bits per heavy atom. The van der Waals surface area contributed by atoms with E-state index < -0.39 is 35.9 Å². The zero-order chi connectivity index (χ0) is 23.4. The summed E-state index contributed by atoms with van der Waals surface area (Å²) in [4.78, 5) is 40.9. The van der Waals surface area contributed by atoms with Crippen molar-refractivity contribution in [2.75, 3.05) is 6.54 Å². The second-order valence-electron chi connectivity index (χ2n) is 7.52. The van der Waals surface area contributed by atoms with Gasteiger partial charge in [-0.05, 0) is 24.3 Å². The molecule has 0 aliphatic heterocycles. The van der Waals surface area contributed by atoms with Gasteiger partial charge in [0.15, 0.2) is 5.96 Å². The van der Waals surface area contributed by atoms with Gasteiger partial charge in [-0.3, -0.25) is 14.6 Å². The molecule has 31 heavy (non-hydrogen) atoms. The molecular formula is C21H34N6O4. The molecule has 2 amide bonds. The summed E-state index contributed by atoms with van der Waals surface area (Å²) in [5.41, 5.74) is 17.2. The van der Waals surface area contributed by atoms with Crippen molar-refractivity contribution in [1.82, 2.24) is 10.6 Å². The maximum atomic E-state index is 12.9. The van der Waals surface area contributed by atoms with E-state index in [9.17, 15) is 19.5 Å². The average molecular weight is 435 g/mol. The van der Waals surface area contributed by atoms with Crippen molar-refractivity contribution in [2.45, 2.75) is 57.7 Å². The molecule has 0 spiro atoms. The number of nitrogens with one attached hydrogen (secondary N) is 2. The number of amides is 2. The van der Waals surface area contributed by atoms with Crippen LogP contribution in [0.5, 0.6) is 0 Å². The van der Waals surface area contributed by atoms with E-state index >= 15 is 0 Å². The first-order chi connectivity index (χ1) is 14.6. The number of nitrogens with zero attached hydrogens (tertiary/aromatic N) is 1. The number of nitrogens with two attached hydrogens (primary N) is 3. The Hall–Kier alpha value is -3.14. The third kappa shape index (κ3) is 9.47. The van der Waals surface area contributed by atoms with E-state index in [1.165, 1.54) is 0 Å². The molecule has 1 aromatic rings. The van der Waals surface area contributed by atoms with Crippen LogP contribution in [0.2, 0.25) is 0 Å². The van der Waals surface area contributed by atoms with Crippen molar-refractivity contribution < 1.29 is 19.5 Å². The Morgan fingerprint density at radius 2 is 1.74 bits per heavy atom. The minimum Gasteiger partial charge on any atom is -0.480 e. The summed E-state index contributed by atoms with van der Waals surface area (Å²) in [6.45, 7) is 4.03. The van der Waals surface area contributed by atoms with E-state index in [0.29, 0.717) is 25.8 Å². The Morgan fingerprint density at radius 1 is 1.10 bits per heavy atom. The monoisotopic (exact) mass is 434 g/mol. The van der Waals surface area contributed by atoms with Crippen LogP contribution in [0.4, 0.5) is 0 Å². The van der Waals surface area contributed by atoms with Gasteiger partial charge < -0.3 is 32.9 Å². The smallest absolute Gasteiger partial charge is 0.326 e. The van der Waals surface area contributed by atoms with Crippen LogP contribution in [0.3, 0.4) is 0 Å². The van der Waals surface area contributed by atoms with E-state index in [1.54, 1.807) is 24.3 Å². The molecular weight excluding hydrogens is 400 g/mol. The van der Waals surface area contributed by atoms with Crippen LogP contribution in [0.15, 0.2) is 35.3 Å². The minimum absolute atomic E-state index is 0.0324. The summed E-state index contributed by atoms with van der Waals surface area (Å²) in [7, 11) is 0. The van der Waals surface area contributed by atoms with Crippen molar-refractivity contribution in [3.05, 3.63) is 35.9 Å². The molecule has 9 N–H and O–H groups in total. The molecule has 10 nitrogen and oxygen atoms in total. The van der Waals surface area contributed by atoms with Gasteiger partial charge in [-0.1, -0.05) is 50.6 Å². The number of hydrogen-bond donors (Lipinski definition) is 6. The van der Waals surface area contributed by atoms with Crippen LogP contribution in [-0.4, -0.2) is 53.5 Å². The predicted molar refractivity (Wildman–Crippen MR) is 119 cm³/mol. The summed E-state index contributed by atoms with van der Waals surface area (Å²) in [6.07, 6.45) is 1.58. The first kappa shape index (κ1) is 25.9. The van der Waals surface area contributed by atoms with Gasteiger partial charge in [-0.25, -0.2) is 4.79 Å². The molecule has 0 radical (unpaired) electrons. The molecule has 0 saturated carbocycles. The fraction of sp³-hybridized carbons (Fsp3) is 0.524. The quantitative estimate of drug-likeness (QED) is 0.140. The Labute approximate surface area is 182 Å². The third-order valence-electron chi connectivity index (χ3n) is 4.99. The summed E-state index contributed by atoms with van der Waals surface area (Å²) in [5, 5.41) is 14.8. The lowest BCUT2D eigenvalue weighted by molar-refractivity contribution is -0.142. The lowest BCUT2D eigenvalue weighted by atomic mass is 9.96. The number of benzene rings is 1. The maximum absolute atomic E-state index is 12.9. The van der Waals surface area contributed by atoms with Gasteiger partial charge in [-0.15, -0.1) is 0 Å². The zero-order valence-electron chi connectivity index (χ0n) is 18.1. The number of hydrogen-bond acceptors (Lipinski definition) is 5. The van der Waals surface area contributed by atoms with E-state index in [2.05, 4.69) is 15.6 Å². The van der Waals surface area contributed by atoms with Crippen LogP contribution >= 0.6 is 0 Å². The molecule has 0 aliphatic carbocycles. The highest BCUT2D eigenvalue weighted by atomic mass is 16.4. The van der Waals surface area contributed by atoms with Gasteiger partial charge in [0.2, 0.25) is 11.8 Å². The molecule has 4 atom stereocenters. The average Bonchev–Trinajstić information content (AvgIpc) is 2.74. The number of guanidine groups is 1. The number of carbonyl (C=O) groups is 3. The van der Waals surface area contributed by atoms with E-state index in [1.807, 2.05) is 19.9 Å². The summed E-state index contributed by atoms with van der Waals surface area (Å²) >= 11 is 0. The highest BCUT2D eigenvalue weighted by Gasteiger charge is 2.31. The molecule has 1 rings (SSSR count). The standard InChI is InChI=1S/C21H34N6O4/c1-3-13(2)17(27-18(28)15(22)10-7-11-25-21(23)24)19(29)26-16(20(30)31)12-14-8-5-4-6-9-14/h4-6,8-9,13,15-17H,3,7,10-12,22H2,1-2H3,(H,26,29)(H,27,28)(H,30,31)(H4,23,24,25)/t13-,15-,16-,17-/m0/s1. The molecule has 0 unspecified atom stereocenters. The molecule has 0 heterocycles. The molecule has 0 bridgehead atoms. The number of aliphatic imine (C=N–C) groups is 1. The van der Waals surface area contributed by atoms with Crippen molar-refractivity contribution >= 4 is 23.7 Å². The van der Waals surface area contributed by atoms with Crippen molar-refractivity contribution in [3.63, 3.8) is 0 Å². The SMILES string of the molecule is CC[C@H](C)[C@H](NC(=O)[C@@H](N)CCCN=C(N)N)C(=O)N[C@@H](Cc1ccccc1)C(=O)O. The van der Waals surface area contributed by atoms with Gasteiger partial charge in [0.1, 0.15) is 12.1 Å². The number of carboxylic acids is 1. The molecule has 0 aromatic heterocycles. The van der Waals surface area contributed by atoms with E-state index in [4.69, 9.17) is 17.2 Å². The Kier molecular flexibility index (Phi) is 11.0. The molecule has 0 aliphatic rings. The molecule has 0 saturated heterocycles. The van der Waals surface area contributed by atoms with Crippen LogP contribution < -0.4 is 27.8 Å². The van der Waals surface area contributed by atoms with Crippen LogP contribution in [-0.2, 0) is 20.8 Å². The maximum Gasteiger partial charge on any atom is 0.326 e. The largest absolute Gasteiger partial charge is 0.480 e. The summed E-state index contributed by atoms with van der Waals surface area (Å²) in [5.74, 6) is -2.44. The molecule has 10 heteroatoms. The van der Waals surface area contributed by atoms with Gasteiger partial charge in [-0.2, -0.15) is 0 Å². The zero-order valence-corrected chi connectivity index (χ0v) is 18.1. The number of carboxylic acid groups (broad SMARTS) is 1. The molecule has 0 fully saturated rings. The number of aliphatic carboxylic acids is 1. The second kappa shape index (κ2) is 13.2. The number of rotatable bonds is 13. The highest BCUT2D eigenvalue weighted by Crippen LogP contribution is 2.11. The van der Waals surface area contributed by atoms with E-state index in [-0.39, 0.29) is 18.3 Å². The Balaban J connectivity index is 2.77.